The predicted octanol–water partition coefficient (Wildman–Crippen LogP) is 1.56. The molecule has 0 aliphatic rings. The lowest BCUT2D eigenvalue weighted by Gasteiger charge is -2.08. The van der Waals surface area contributed by atoms with Crippen LogP contribution < -0.4 is 10.0 Å². The summed E-state index contributed by atoms with van der Waals surface area (Å²) >= 11 is 0. The number of nitrogens with one attached hydrogen (secondary N) is 2. The summed E-state index contributed by atoms with van der Waals surface area (Å²) in [5.41, 5.74) is 3.24. The highest BCUT2D eigenvalue weighted by Crippen LogP contribution is 2.18. The molecule has 23 heavy (non-hydrogen) atoms. The molecule has 0 amide bonds. The van der Waals surface area contributed by atoms with Gasteiger partial charge in [-0.05, 0) is 37.1 Å². The molecule has 0 atom stereocenters. The van der Waals surface area contributed by atoms with Gasteiger partial charge in [0.1, 0.15) is 6.33 Å². The minimum absolute atomic E-state index is 0.121. The Morgan fingerprint density at radius 1 is 1.09 bits per heavy atom. The third kappa shape index (κ3) is 6.05. The van der Waals surface area contributed by atoms with Gasteiger partial charge >= 0.3 is 0 Å². The Kier molecular flexibility index (Phi) is 6.64. The molecule has 0 aliphatic carbocycles. The van der Waals surface area contributed by atoms with Gasteiger partial charge in [0.25, 0.3) is 0 Å². The molecule has 0 fully saturated rings. The van der Waals surface area contributed by atoms with Crippen LogP contribution in [0, 0.1) is 0 Å². The summed E-state index contributed by atoms with van der Waals surface area (Å²) in [7, 11) is -3.08. The molecule has 2 rings (SSSR count). The van der Waals surface area contributed by atoms with Crippen molar-refractivity contribution in [3.63, 3.8) is 0 Å². The lowest BCUT2D eigenvalue weighted by molar-refractivity contribution is 0.574. The average molecular weight is 334 g/mol. The smallest absolute Gasteiger partial charge is 0.211 e. The van der Waals surface area contributed by atoms with Gasteiger partial charge in [-0.3, -0.25) is 0 Å². The molecule has 6 nitrogen and oxygen atoms in total. The van der Waals surface area contributed by atoms with Crippen LogP contribution in [0.4, 0.5) is 0 Å². The first kappa shape index (κ1) is 17.5. The van der Waals surface area contributed by atoms with Crippen molar-refractivity contribution < 1.29 is 8.42 Å². The molecular formula is C16H22N4O2S. The molecular weight excluding hydrogens is 312 g/mol. The van der Waals surface area contributed by atoms with E-state index in [-0.39, 0.29) is 5.75 Å². The Morgan fingerprint density at radius 2 is 1.87 bits per heavy atom. The average Bonchev–Trinajstić information content (AvgIpc) is 2.59. The standard InChI is InChI=1S/C16H22N4O2S/c1-2-23(21,22)20-8-4-7-17-10-14-5-3-6-15(9-14)16-11-18-13-19-12-16/h3,5-6,9,11-13,17,20H,2,4,7-8,10H2,1H3. The number of aromatic nitrogens is 2. The summed E-state index contributed by atoms with van der Waals surface area (Å²) in [4.78, 5) is 8.06. The number of nitrogens with zero attached hydrogens (tertiary/aromatic N) is 2. The maximum atomic E-state index is 11.3. The van der Waals surface area contributed by atoms with Crippen molar-refractivity contribution in [1.29, 1.82) is 0 Å². The first-order valence-electron chi connectivity index (χ1n) is 7.63. The van der Waals surface area contributed by atoms with Crippen molar-refractivity contribution in [3.8, 4) is 11.1 Å². The Labute approximate surface area is 137 Å². The van der Waals surface area contributed by atoms with Crippen LogP contribution in [0.25, 0.3) is 11.1 Å². The van der Waals surface area contributed by atoms with Gasteiger partial charge in [0.2, 0.25) is 10.0 Å². The topological polar surface area (TPSA) is 84.0 Å². The maximum Gasteiger partial charge on any atom is 0.211 e. The highest BCUT2D eigenvalue weighted by atomic mass is 32.2. The fourth-order valence-electron chi connectivity index (χ4n) is 2.08. The molecule has 0 unspecified atom stereocenters. The molecule has 1 heterocycles. The van der Waals surface area contributed by atoms with Crippen molar-refractivity contribution in [2.75, 3.05) is 18.8 Å². The summed E-state index contributed by atoms with van der Waals surface area (Å²) in [5.74, 6) is 0.121. The summed E-state index contributed by atoms with van der Waals surface area (Å²) in [6.45, 7) is 3.59. The third-order valence-electron chi connectivity index (χ3n) is 3.38. The van der Waals surface area contributed by atoms with Crippen molar-refractivity contribution in [2.45, 2.75) is 19.9 Å². The van der Waals surface area contributed by atoms with Crippen LogP contribution in [0.2, 0.25) is 0 Å². The zero-order valence-electron chi connectivity index (χ0n) is 13.2. The van der Waals surface area contributed by atoms with Crippen molar-refractivity contribution in [3.05, 3.63) is 48.5 Å². The van der Waals surface area contributed by atoms with E-state index in [0.717, 1.165) is 30.6 Å². The van der Waals surface area contributed by atoms with Gasteiger partial charge < -0.3 is 5.32 Å². The summed E-state index contributed by atoms with van der Waals surface area (Å²) in [5, 5.41) is 3.32. The molecule has 0 saturated heterocycles. The van der Waals surface area contributed by atoms with E-state index in [1.54, 1.807) is 19.3 Å². The lowest BCUT2D eigenvalue weighted by atomic mass is 10.1. The van der Waals surface area contributed by atoms with E-state index < -0.39 is 10.0 Å². The summed E-state index contributed by atoms with van der Waals surface area (Å²) < 4.78 is 25.1. The van der Waals surface area contributed by atoms with Crippen LogP contribution >= 0.6 is 0 Å². The van der Waals surface area contributed by atoms with E-state index in [2.05, 4.69) is 32.1 Å². The van der Waals surface area contributed by atoms with E-state index in [0.29, 0.717) is 6.54 Å². The number of benzene rings is 1. The molecule has 124 valence electrons. The number of sulfonamides is 1. The monoisotopic (exact) mass is 334 g/mol. The summed E-state index contributed by atoms with van der Waals surface area (Å²) in [6, 6.07) is 8.20. The van der Waals surface area contributed by atoms with Crippen LogP contribution in [-0.4, -0.2) is 37.2 Å². The van der Waals surface area contributed by atoms with E-state index >= 15 is 0 Å². The van der Waals surface area contributed by atoms with Crippen LogP contribution in [-0.2, 0) is 16.6 Å². The molecule has 0 spiro atoms. The largest absolute Gasteiger partial charge is 0.313 e. The second-order valence-corrected chi connectivity index (χ2v) is 7.25. The first-order chi connectivity index (χ1) is 11.1. The van der Waals surface area contributed by atoms with E-state index in [9.17, 15) is 8.42 Å². The highest BCUT2D eigenvalue weighted by Gasteiger charge is 2.04. The van der Waals surface area contributed by atoms with Gasteiger partial charge in [0, 0.05) is 31.0 Å². The molecule has 1 aromatic heterocycles. The quantitative estimate of drug-likeness (QED) is 0.680. The zero-order valence-corrected chi connectivity index (χ0v) is 14.0. The van der Waals surface area contributed by atoms with Gasteiger partial charge in [0.05, 0.1) is 5.75 Å². The van der Waals surface area contributed by atoms with Crippen molar-refractivity contribution >= 4 is 10.0 Å². The van der Waals surface area contributed by atoms with Gasteiger partial charge in [-0.15, -0.1) is 0 Å². The van der Waals surface area contributed by atoms with Crippen LogP contribution in [0.3, 0.4) is 0 Å². The maximum absolute atomic E-state index is 11.3. The number of hydrogen-bond acceptors (Lipinski definition) is 5. The molecule has 0 radical (unpaired) electrons. The fourth-order valence-corrected chi connectivity index (χ4v) is 2.74. The van der Waals surface area contributed by atoms with E-state index in [4.69, 9.17) is 0 Å². The molecule has 0 saturated carbocycles. The van der Waals surface area contributed by atoms with Gasteiger partial charge in [-0.25, -0.2) is 23.1 Å². The SMILES string of the molecule is CCS(=O)(=O)NCCCNCc1cccc(-c2cncnc2)c1. The molecule has 2 N–H and O–H groups in total. The molecule has 7 heteroatoms. The van der Waals surface area contributed by atoms with Crippen LogP contribution in [0.5, 0.6) is 0 Å². The van der Waals surface area contributed by atoms with E-state index in [1.807, 2.05) is 12.1 Å². The molecule has 2 aromatic rings. The fraction of sp³-hybridized carbons (Fsp3) is 0.375. The minimum Gasteiger partial charge on any atom is -0.313 e. The van der Waals surface area contributed by atoms with Crippen LogP contribution in [0.1, 0.15) is 18.9 Å². The second-order valence-electron chi connectivity index (χ2n) is 5.16. The van der Waals surface area contributed by atoms with E-state index in [1.165, 1.54) is 11.9 Å². The Hall–Kier alpha value is -1.83. The normalized spacial score (nSPS) is 11.5. The van der Waals surface area contributed by atoms with Crippen molar-refractivity contribution in [2.24, 2.45) is 0 Å². The second kappa shape index (κ2) is 8.71. The first-order valence-corrected chi connectivity index (χ1v) is 9.28. The number of hydrogen-bond donors (Lipinski definition) is 2. The molecule has 1 aromatic carbocycles. The Bertz CT molecular complexity index is 705. The summed E-state index contributed by atoms with van der Waals surface area (Å²) in [6.07, 6.45) is 5.85. The Balaban J connectivity index is 1.76. The highest BCUT2D eigenvalue weighted by molar-refractivity contribution is 7.89. The Morgan fingerprint density at radius 3 is 2.61 bits per heavy atom. The molecule has 0 bridgehead atoms. The third-order valence-corrected chi connectivity index (χ3v) is 4.79. The number of rotatable bonds is 9. The van der Waals surface area contributed by atoms with Crippen molar-refractivity contribution in [1.82, 2.24) is 20.0 Å². The lowest BCUT2D eigenvalue weighted by Crippen LogP contribution is -2.28. The van der Waals surface area contributed by atoms with Crippen LogP contribution in [0.15, 0.2) is 43.0 Å². The van der Waals surface area contributed by atoms with Gasteiger partial charge in [-0.1, -0.05) is 18.2 Å². The molecule has 0 aliphatic heterocycles. The van der Waals surface area contributed by atoms with Gasteiger partial charge in [0.15, 0.2) is 0 Å². The minimum atomic E-state index is -3.08. The zero-order chi connectivity index (χ0) is 16.5. The predicted molar refractivity (Wildman–Crippen MR) is 91.3 cm³/mol. The van der Waals surface area contributed by atoms with Gasteiger partial charge in [-0.2, -0.15) is 0 Å².